The van der Waals surface area contributed by atoms with Crippen LogP contribution in [0.5, 0.6) is 5.75 Å². The third-order valence-corrected chi connectivity index (χ3v) is 6.37. The monoisotopic (exact) mass is 530 g/mol. The van der Waals surface area contributed by atoms with Gasteiger partial charge in [-0.05, 0) is 62.1 Å². The predicted octanol–water partition coefficient (Wildman–Crippen LogP) is 3.24. The molecule has 0 spiro atoms. The Kier molecular flexibility index (Phi) is 11.5. The van der Waals surface area contributed by atoms with Crippen LogP contribution in [0, 0.1) is 6.92 Å². The average molecular weight is 531 g/mol. The molecule has 206 valence electrons. The molecule has 3 rings (SSSR count). The molecule has 39 heavy (non-hydrogen) atoms. The van der Waals surface area contributed by atoms with E-state index in [9.17, 15) is 14.4 Å². The van der Waals surface area contributed by atoms with Crippen molar-refractivity contribution < 1.29 is 19.1 Å². The van der Waals surface area contributed by atoms with Gasteiger partial charge in [0.15, 0.2) is 0 Å². The van der Waals surface area contributed by atoms with E-state index >= 15 is 0 Å². The lowest BCUT2D eigenvalue weighted by Crippen LogP contribution is -2.44. The number of rotatable bonds is 14. The number of carbonyl (C=O) groups is 3. The van der Waals surface area contributed by atoms with Gasteiger partial charge in [-0.25, -0.2) is 0 Å². The minimum atomic E-state index is -0.384. The minimum Gasteiger partial charge on any atom is -0.493 e. The predicted molar refractivity (Wildman–Crippen MR) is 154 cm³/mol. The van der Waals surface area contributed by atoms with E-state index in [1.165, 1.54) is 12.6 Å². The number of likely N-dealkylation sites (N-methyl/N-ethyl adjacent to an activating group) is 2. The molecule has 0 fully saturated rings. The second-order valence-electron chi connectivity index (χ2n) is 9.31. The summed E-state index contributed by atoms with van der Waals surface area (Å²) in [5, 5.41) is 11.2. The molecule has 3 amide bonds. The third kappa shape index (κ3) is 9.26. The van der Waals surface area contributed by atoms with E-state index in [1.807, 2.05) is 67.6 Å². The zero-order valence-corrected chi connectivity index (χ0v) is 22.9. The van der Waals surface area contributed by atoms with Gasteiger partial charge in [0.2, 0.25) is 11.8 Å². The highest BCUT2D eigenvalue weighted by atomic mass is 16.5. The van der Waals surface area contributed by atoms with Gasteiger partial charge >= 0.3 is 0 Å². The van der Waals surface area contributed by atoms with Crippen LogP contribution in [-0.4, -0.2) is 57.6 Å². The number of hydrogen-bond donors (Lipinski definition) is 4. The number of unbranched alkanes of at least 4 members (excludes halogenated alkanes) is 1. The van der Waals surface area contributed by atoms with Gasteiger partial charge in [-0.2, -0.15) is 0 Å². The van der Waals surface area contributed by atoms with E-state index in [-0.39, 0.29) is 30.3 Å². The summed E-state index contributed by atoms with van der Waals surface area (Å²) in [6, 6.07) is 23.1. The van der Waals surface area contributed by atoms with E-state index in [0.717, 1.165) is 23.1 Å². The molecule has 8 heteroatoms. The lowest BCUT2D eigenvalue weighted by Gasteiger charge is -2.16. The number of carbonyl (C=O) groups excluding carboxylic acids is 3. The number of hydrogen-bond acceptors (Lipinski definition) is 5. The Morgan fingerprint density at radius 2 is 1.59 bits per heavy atom. The summed E-state index contributed by atoms with van der Waals surface area (Å²) in [5.41, 5.74) is 4.51. The van der Waals surface area contributed by atoms with Gasteiger partial charge in [0.05, 0.1) is 24.8 Å². The molecule has 1 unspecified atom stereocenters. The van der Waals surface area contributed by atoms with Crippen molar-refractivity contribution >= 4 is 17.7 Å². The molecule has 8 nitrogen and oxygen atoms in total. The topological polar surface area (TPSA) is 109 Å². The fourth-order valence-electron chi connectivity index (χ4n) is 4.02. The zero-order chi connectivity index (χ0) is 28.0. The Morgan fingerprint density at radius 1 is 0.846 bits per heavy atom. The van der Waals surface area contributed by atoms with Crippen molar-refractivity contribution in [2.45, 2.75) is 32.2 Å². The van der Waals surface area contributed by atoms with E-state index < -0.39 is 0 Å². The van der Waals surface area contributed by atoms with E-state index in [4.69, 9.17) is 4.74 Å². The summed E-state index contributed by atoms with van der Waals surface area (Å²) < 4.78 is 5.96. The standard InChI is InChI=1S/C31H38N4O4/c1-22-11-13-23(14-12-22)19-27(32-2)31(38)34-17-7-8-18-39-28-16-15-25(24-9-5-4-6-10-24)20-26(28)30(37)35-21-29(36)33-3/h4-6,9-16,20,27,32H,7-8,17-19,21H2,1-3H3,(H,33,36)(H,34,38)(H,35,37). The maximum absolute atomic E-state index is 12.9. The molecule has 0 saturated heterocycles. The Morgan fingerprint density at radius 3 is 2.28 bits per heavy atom. The second-order valence-corrected chi connectivity index (χ2v) is 9.31. The quantitative estimate of drug-likeness (QED) is 0.239. The van der Waals surface area contributed by atoms with Crippen LogP contribution < -0.4 is 26.0 Å². The Balaban J connectivity index is 1.52. The second kappa shape index (κ2) is 15.3. The average Bonchev–Trinajstić information content (AvgIpc) is 2.97. The lowest BCUT2D eigenvalue weighted by atomic mass is 10.0. The van der Waals surface area contributed by atoms with Crippen molar-refractivity contribution in [2.24, 2.45) is 0 Å². The first kappa shape index (κ1) is 29.4. The highest BCUT2D eigenvalue weighted by Gasteiger charge is 2.17. The molecule has 0 bridgehead atoms. The minimum absolute atomic E-state index is 0.0365. The van der Waals surface area contributed by atoms with Crippen LogP contribution in [0.25, 0.3) is 11.1 Å². The first-order valence-electron chi connectivity index (χ1n) is 13.2. The van der Waals surface area contributed by atoms with E-state index in [2.05, 4.69) is 21.3 Å². The third-order valence-electron chi connectivity index (χ3n) is 6.37. The molecule has 4 N–H and O–H groups in total. The summed E-state index contributed by atoms with van der Waals surface area (Å²) in [6.07, 6.45) is 2.05. The molecule has 0 aromatic heterocycles. The van der Waals surface area contributed by atoms with Gasteiger partial charge in [-0.3, -0.25) is 14.4 Å². The van der Waals surface area contributed by atoms with Crippen molar-refractivity contribution in [3.05, 3.63) is 89.5 Å². The molecule has 0 aliphatic carbocycles. The molecule has 0 aliphatic rings. The SMILES string of the molecule is CNC(=O)CNC(=O)c1cc(-c2ccccc2)ccc1OCCCCNC(=O)C(Cc1ccc(C)cc1)NC. The fraction of sp³-hybridized carbons (Fsp3) is 0.323. The highest BCUT2D eigenvalue weighted by molar-refractivity contribution is 5.99. The van der Waals surface area contributed by atoms with Gasteiger partial charge < -0.3 is 26.0 Å². The lowest BCUT2D eigenvalue weighted by molar-refractivity contribution is -0.123. The van der Waals surface area contributed by atoms with E-state index in [1.54, 1.807) is 19.2 Å². The summed E-state index contributed by atoms with van der Waals surface area (Å²) in [5.74, 6) is -0.260. The molecule has 3 aromatic rings. The van der Waals surface area contributed by atoms with Gasteiger partial charge in [-0.1, -0.05) is 66.2 Å². The summed E-state index contributed by atoms with van der Waals surface area (Å²) in [4.78, 5) is 37.1. The maximum Gasteiger partial charge on any atom is 0.255 e. The first-order chi connectivity index (χ1) is 18.9. The Bertz CT molecular complexity index is 1230. The molecule has 1 atom stereocenters. The zero-order valence-electron chi connectivity index (χ0n) is 22.9. The summed E-state index contributed by atoms with van der Waals surface area (Å²) in [6.45, 7) is 2.83. The smallest absolute Gasteiger partial charge is 0.255 e. The van der Waals surface area contributed by atoms with Crippen molar-refractivity contribution in [2.75, 3.05) is 33.8 Å². The van der Waals surface area contributed by atoms with E-state index in [0.29, 0.717) is 37.3 Å². The number of benzene rings is 3. The van der Waals surface area contributed by atoms with Crippen molar-refractivity contribution in [3.63, 3.8) is 0 Å². The molecular weight excluding hydrogens is 492 g/mol. The summed E-state index contributed by atoms with van der Waals surface area (Å²) in [7, 11) is 3.31. The largest absolute Gasteiger partial charge is 0.493 e. The number of nitrogens with one attached hydrogen (secondary N) is 4. The fourth-order valence-corrected chi connectivity index (χ4v) is 4.02. The van der Waals surface area contributed by atoms with Gasteiger partial charge in [-0.15, -0.1) is 0 Å². The Labute approximate surface area is 230 Å². The molecular formula is C31H38N4O4. The molecule has 0 aliphatic heterocycles. The van der Waals surface area contributed by atoms with Crippen LogP contribution in [-0.2, 0) is 16.0 Å². The number of amides is 3. The maximum atomic E-state index is 12.9. The molecule has 0 heterocycles. The Hall–Kier alpha value is -4.17. The molecule has 3 aromatic carbocycles. The molecule has 0 radical (unpaired) electrons. The first-order valence-corrected chi connectivity index (χ1v) is 13.2. The van der Waals surface area contributed by atoms with Gasteiger partial charge in [0, 0.05) is 13.6 Å². The van der Waals surface area contributed by atoms with Gasteiger partial charge in [0.1, 0.15) is 5.75 Å². The van der Waals surface area contributed by atoms with Crippen LogP contribution in [0.2, 0.25) is 0 Å². The van der Waals surface area contributed by atoms with Crippen molar-refractivity contribution in [1.82, 2.24) is 21.3 Å². The van der Waals surface area contributed by atoms with Crippen LogP contribution >= 0.6 is 0 Å². The highest BCUT2D eigenvalue weighted by Crippen LogP contribution is 2.27. The number of ether oxygens (including phenoxy) is 1. The van der Waals surface area contributed by atoms with Crippen LogP contribution in [0.1, 0.15) is 34.3 Å². The van der Waals surface area contributed by atoms with Crippen molar-refractivity contribution in [1.29, 1.82) is 0 Å². The normalized spacial score (nSPS) is 11.4. The van der Waals surface area contributed by atoms with Gasteiger partial charge in [0.25, 0.3) is 5.91 Å². The molecule has 0 saturated carbocycles. The van der Waals surface area contributed by atoms with Crippen molar-refractivity contribution in [3.8, 4) is 16.9 Å². The van der Waals surface area contributed by atoms with Crippen LogP contribution in [0.15, 0.2) is 72.8 Å². The van der Waals surface area contributed by atoms with Crippen LogP contribution in [0.3, 0.4) is 0 Å². The van der Waals surface area contributed by atoms with Crippen LogP contribution in [0.4, 0.5) is 0 Å². The summed E-state index contributed by atoms with van der Waals surface area (Å²) >= 11 is 0. The number of aryl methyl sites for hydroxylation is 1.